The molecule has 0 saturated carbocycles. The predicted molar refractivity (Wildman–Crippen MR) is 25.7 cm³/mol. The molecule has 0 rings (SSSR count). The van der Waals surface area contributed by atoms with Gasteiger partial charge in [-0.15, -0.1) is 0 Å². The molecule has 0 spiro atoms. The lowest BCUT2D eigenvalue weighted by Gasteiger charge is -1.95. The van der Waals surface area contributed by atoms with Crippen molar-refractivity contribution in [1.29, 1.82) is 0 Å². The molecule has 0 aliphatic rings. The lowest BCUT2D eigenvalue weighted by molar-refractivity contribution is -0.144. The van der Waals surface area contributed by atoms with Crippen LogP contribution in [0.15, 0.2) is 0 Å². The van der Waals surface area contributed by atoms with Gasteiger partial charge in [-0.05, 0) is 6.92 Å². The molecule has 0 aromatic rings. The number of rotatable bonds is 2. The zero-order valence-electron chi connectivity index (χ0n) is 4.13. The van der Waals surface area contributed by atoms with Crippen LogP contribution in [0.5, 0.6) is 0 Å². The van der Waals surface area contributed by atoms with Crippen molar-refractivity contribution in [2.24, 2.45) is 11.7 Å². The number of carboxylic acids is 1. The van der Waals surface area contributed by atoms with E-state index in [4.69, 9.17) is 5.11 Å². The summed E-state index contributed by atoms with van der Waals surface area (Å²) in [5.74, 6) is -3.54. The van der Waals surface area contributed by atoms with Gasteiger partial charge in [-0.2, -0.15) is 0 Å². The van der Waals surface area contributed by atoms with E-state index in [1.165, 1.54) is 0 Å². The van der Waals surface area contributed by atoms with E-state index < -0.39 is 17.8 Å². The minimum Gasteiger partial charge on any atom is -0.481 e. The number of primary amides is 1. The zero-order valence-corrected chi connectivity index (χ0v) is 4.13. The van der Waals surface area contributed by atoms with E-state index in [2.05, 4.69) is 12.7 Å². The summed E-state index contributed by atoms with van der Waals surface area (Å²) >= 11 is 0. The Balaban J connectivity index is 3.83. The van der Waals surface area contributed by atoms with Crippen LogP contribution in [0.4, 0.5) is 0 Å². The Kier molecular flexibility index (Phi) is 1.99. The van der Waals surface area contributed by atoms with Crippen molar-refractivity contribution in [1.82, 2.24) is 0 Å². The first-order valence-electron chi connectivity index (χ1n) is 1.91. The summed E-state index contributed by atoms with van der Waals surface area (Å²) in [6.07, 6.45) is 0. The molecule has 1 atom stereocenters. The first kappa shape index (κ1) is 6.94. The molecule has 1 amide bonds. The van der Waals surface area contributed by atoms with Crippen molar-refractivity contribution in [2.75, 3.05) is 0 Å². The molecule has 0 aromatic carbocycles. The van der Waals surface area contributed by atoms with E-state index in [1.807, 2.05) is 0 Å². The second-order valence-electron chi connectivity index (χ2n) is 1.29. The summed E-state index contributed by atoms with van der Waals surface area (Å²) in [6.45, 7) is 2.96. The van der Waals surface area contributed by atoms with Crippen molar-refractivity contribution in [2.45, 2.75) is 0 Å². The highest BCUT2D eigenvalue weighted by Crippen LogP contribution is 1.88. The van der Waals surface area contributed by atoms with Gasteiger partial charge in [0.1, 0.15) is 5.92 Å². The number of carboxylic acid groups (broad SMARTS) is 1. The Hall–Kier alpha value is -1.06. The van der Waals surface area contributed by atoms with E-state index in [0.29, 0.717) is 0 Å². The summed E-state index contributed by atoms with van der Waals surface area (Å²) in [7, 11) is 0. The smallest absolute Gasteiger partial charge is 0.316 e. The molecule has 4 nitrogen and oxygen atoms in total. The quantitative estimate of drug-likeness (QED) is 0.454. The van der Waals surface area contributed by atoms with Gasteiger partial charge in [-0.1, -0.05) is 0 Å². The molecule has 0 aliphatic heterocycles. The van der Waals surface area contributed by atoms with Crippen LogP contribution in [0.3, 0.4) is 0 Å². The third kappa shape index (κ3) is 1.59. The van der Waals surface area contributed by atoms with Crippen molar-refractivity contribution in [3.05, 3.63) is 6.92 Å². The summed E-state index contributed by atoms with van der Waals surface area (Å²) in [6, 6.07) is 0. The van der Waals surface area contributed by atoms with E-state index in [9.17, 15) is 9.59 Å². The second kappa shape index (κ2) is 2.30. The van der Waals surface area contributed by atoms with Crippen LogP contribution in [0.2, 0.25) is 0 Å². The van der Waals surface area contributed by atoms with Crippen LogP contribution in [-0.4, -0.2) is 17.0 Å². The average Bonchev–Trinajstić information content (AvgIpc) is 1.64. The lowest BCUT2D eigenvalue weighted by Crippen LogP contribution is -2.27. The van der Waals surface area contributed by atoms with E-state index in [-0.39, 0.29) is 0 Å². The fraction of sp³-hybridized carbons (Fsp3) is 0.250. The monoisotopic (exact) mass is 116 g/mol. The maximum Gasteiger partial charge on any atom is 0.316 e. The number of hydrogen-bond donors (Lipinski definition) is 2. The Bertz CT molecular complexity index is 106. The van der Waals surface area contributed by atoms with Gasteiger partial charge in [0.15, 0.2) is 0 Å². The predicted octanol–water partition coefficient (Wildman–Crippen LogP) is -0.993. The number of hydrogen-bond acceptors (Lipinski definition) is 2. The van der Waals surface area contributed by atoms with Crippen LogP contribution in [0.1, 0.15) is 0 Å². The SMILES string of the molecule is [CH2]C(C(N)=O)C(=O)O. The molecule has 0 aromatic heterocycles. The van der Waals surface area contributed by atoms with Crippen molar-refractivity contribution < 1.29 is 14.7 Å². The van der Waals surface area contributed by atoms with E-state index >= 15 is 0 Å². The Morgan fingerprint density at radius 2 is 2.00 bits per heavy atom. The van der Waals surface area contributed by atoms with E-state index in [1.54, 1.807) is 0 Å². The Labute approximate surface area is 46.3 Å². The molecule has 0 fully saturated rings. The molecule has 45 valence electrons. The molecular formula is C4H6NO3. The van der Waals surface area contributed by atoms with Gasteiger partial charge in [-0.3, -0.25) is 9.59 Å². The third-order valence-corrected chi connectivity index (χ3v) is 0.642. The fourth-order valence-electron chi connectivity index (χ4n) is 0.122. The molecule has 4 heteroatoms. The molecular weight excluding hydrogens is 110 g/mol. The highest BCUT2D eigenvalue weighted by atomic mass is 16.4. The van der Waals surface area contributed by atoms with Crippen LogP contribution in [0.25, 0.3) is 0 Å². The molecule has 1 radical (unpaired) electrons. The van der Waals surface area contributed by atoms with Gasteiger partial charge in [0.2, 0.25) is 5.91 Å². The third-order valence-electron chi connectivity index (χ3n) is 0.642. The fourth-order valence-corrected chi connectivity index (χ4v) is 0.122. The average molecular weight is 116 g/mol. The highest BCUT2D eigenvalue weighted by Gasteiger charge is 2.16. The van der Waals surface area contributed by atoms with Gasteiger partial charge in [0.05, 0.1) is 0 Å². The zero-order chi connectivity index (χ0) is 6.73. The number of carbonyl (C=O) groups excluding carboxylic acids is 1. The molecule has 1 unspecified atom stereocenters. The topological polar surface area (TPSA) is 80.4 Å². The lowest BCUT2D eigenvalue weighted by atomic mass is 10.2. The first-order chi connectivity index (χ1) is 3.55. The normalized spacial score (nSPS) is 12.6. The number of amides is 1. The summed E-state index contributed by atoms with van der Waals surface area (Å²) in [5.41, 5.74) is 4.55. The number of carbonyl (C=O) groups is 2. The Morgan fingerprint density at radius 1 is 1.62 bits per heavy atom. The minimum absolute atomic E-state index is 0.919. The van der Waals surface area contributed by atoms with Gasteiger partial charge in [-0.25, -0.2) is 0 Å². The van der Waals surface area contributed by atoms with Crippen LogP contribution < -0.4 is 5.73 Å². The maximum absolute atomic E-state index is 9.92. The Morgan fingerprint density at radius 3 is 2.00 bits per heavy atom. The summed E-state index contributed by atoms with van der Waals surface area (Å²) < 4.78 is 0. The van der Waals surface area contributed by atoms with Gasteiger partial charge in [0.25, 0.3) is 0 Å². The molecule has 0 bridgehead atoms. The molecule has 0 saturated heterocycles. The standard InChI is InChI=1S/C4H6NO3/c1-2(3(5)6)4(7)8/h2H,1H2,(H2,5,6)(H,7,8). The summed E-state index contributed by atoms with van der Waals surface area (Å²) in [5, 5.41) is 7.99. The van der Waals surface area contributed by atoms with Gasteiger partial charge >= 0.3 is 5.97 Å². The van der Waals surface area contributed by atoms with Crippen LogP contribution in [-0.2, 0) is 9.59 Å². The van der Waals surface area contributed by atoms with Crippen LogP contribution >= 0.6 is 0 Å². The van der Waals surface area contributed by atoms with Crippen molar-refractivity contribution in [3.63, 3.8) is 0 Å². The van der Waals surface area contributed by atoms with Gasteiger partial charge in [0, 0.05) is 0 Å². The van der Waals surface area contributed by atoms with Crippen molar-refractivity contribution in [3.8, 4) is 0 Å². The minimum atomic E-state index is -1.32. The summed E-state index contributed by atoms with van der Waals surface area (Å²) in [4.78, 5) is 19.7. The number of nitrogens with two attached hydrogens (primary N) is 1. The molecule has 0 heterocycles. The van der Waals surface area contributed by atoms with Gasteiger partial charge < -0.3 is 10.8 Å². The second-order valence-corrected chi connectivity index (χ2v) is 1.29. The van der Waals surface area contributed by atoms with E-state index in [0.717, 1.165) is 0 Å². The highest BCUT2D eigenvalue weighted by molar-refractivity contribution is 5.96. The maximum atomic E-state index is 9.92. The van der Waals surface area contributed by atoms with Crippen molar-refractivity contribution >= 4 is 11.9 Å². The molecule has 8 heavy (non-hydrogen) atoms. The molecule has 3 N–H and O–H groups in total. The van der Waals surface area contributed by atoms with Crippen LogP contribution in [0, 0.1) is 12.8 Å². The largest absolute Gasteiger partial charge is 0.481 e. The molecule has 0 aliphatic carbocycles. The first-order valence-corrected chi connectivity index (χ1v) is 1.91. The number of aliphatic carboxylic acids is 1.